The maximum Gasteiger partial charge on any atom is 0.0685 e. The Morgan fingerprint density at radius 2 is 1.06 bits per heavy atom. The maximum atomic E-state index is 2.52. The molecule has 1 spiro atoms. The zero-order valence-electron chi connectivity index (χ0n) is 37.0. The predicted octanol–water partition coefficient (Wildman–Crippen LogP) is 16.4. The summed E-state index contributed by atoms with van der Waals surface area (Å²) < 4.78 is 2.40. The Hall–Kier alpha value is -7.94. The van der Waals surface area contributed by atoms with Gasteiger partial charge in [0.25, 0.3) is 0 Å². The zero-order chi connectivity index (χ0) is 43.7. The summed E-state index contributed by atoms with van der Waals surface area (Å²) >= 11 is 0. The van der Waals surface area contributed by atoms with Gasteiger partial charge in [0, 0.05) is 39.2 Å². The van der Waals surface area contributed by atoms with E-state index in [9.17, 15) is 0 Å². The van der Waals surface area contributed by atoms with Crippen LogP contribution in [0.1, 0.15) is 65.1 Å². The summed E-state index contributed by atoms with van der Waals surface area (Å²) in [6, 6.07) is 79.5. The molecule has 0 fully saturated rings. The zero-order valence-corrected chi connectivity index (χ0v) is 37.0. The summed E-state index contributed by atoms with van der Waals surface area (Å²) in [4.78, 5) is 2.52. The Morgan fingerprint density at radius 1 is 0.470 bits per heavy atom. The van der Waals surface area contributed by atoms with Crippen molar-refractivity contribution in [2.24, 2.45) is 0 Å². The highest BCUT2D eigenvalue weighted by Crippen LogP contribution is 2.66. The van der Waals surface area contributed by atoms with Crippen molar-refractivity contribution < 1.29 is 0 Å². The van der Waals surface area contributed by atoms with E-state index >= 15 is 0 Å². The van der Waals surface area contributed by atoms with Crippen molar-refractivity contribution in [1.82, 2.24) is 4.57 Å². The minimum atomic E-state index is -0.279. The van der Waals surface area contributed by atoms with Gasteiger partial charge in [0.2, 0.25) is 0 Å². The lowest BCUT2D eigenvalue weighted by atomic mass is 9.68. The lowest BCUT2D eigenvalue weighted by molar-refractivity contribution is 0.661. The van der Waals surface area contributed by atoms with Crippen molar-refractivity contribution in [1.29, 1.82) is 0 Å². The molecule has 1 atom stereocenters. The van der Waals surface area contributed by atoms with Gasteiger partial charge in [-0.1, -0.05) is 184 Å². The number of nitrogens with zero attached hydrogens (tertiary/aromatic N) is 2. The fourth-order valence-electron chi connectivity index (χ4n) is 12.9. The number of hydrogen-bond donors (Lipinski definition) is 0. The van der Waals surface area contributed by atoms with Crippen LogP contribution in [0.5, 0.6) is 0 Å². The minimum absolute atomic E-state index is 0.194. The summed E-state index contributed by atoms with van der Waals surface area (Å²) in [6.07, 6.45) is 5.87. The third kappa shape index (κ3) is 4.96. The van der Waals surface area contributed by atoms with Gasteiger partial charge in [-0.3, -0.25) is 0 Å². The van der Waals surface area contributed by atoms with Gasteiger partial charge < -0.3 is 9.47 Å². The van der Waals surface area contributed by atoms with Crippen LogP contribution in [0, 0.1) is 0 Å². The number of benzene rings is 9. The molecule has 0 aliphatic heterocycles. The fourth-order valence-corrected chi connectivity index (χ4v) is 12.9. The van der Waals surface area contributed by atoms with Gasteiger partial charge in [0.1, 0.15) is 0 Å². The largest absolute Gasteiger partial charge is 0.310 e. The van der Waals surface area contributed by atoms with Crippen LogP contribution in [-0.2, 0) is 10.8 Å². The highest BCUT2D eigenvalue weighted by molar-refractivity contribution is 6.11. The quantitative estimate of drug-likeness (QED) is 0.168. The van der Waals surface area contributed by atoms with E-state index in [0.29, 0.717) is 0 Å². The van der Waals surface area contributed by atoms with Crippen LogP contribution in [0.4, 0.5) is 17.1 Å². The molecule has 66 heavy (non-hydrogen) atoms. The Balaban J connectivity index is 0.923. The molecule has 0 radical (unpaired) electrons. The van der Waals surface area contributed by atoms with Crippen LogP contribution in [0.25, 0.3) is 55.3 Å². The van der Waals surface area contributed by atoms with E-state index in [0.717, 1.165) is 23.5 Å². The van der Waals surface area contributed by atoms with Crippen LogP contribution in [0.2, 0.25) is 0 Å². The molecule has 0 saturated carbocycles. The normalized spacial score (nSPS) is 16.5. The molecule has 1 heterocycles. The first-order chi connectivity index (χ1) is 32.5. The van der Waals surface area contributed by atoms with Crippen LogP contribution >= 0.6 is 0 Å². The molecule has 1 unspecified atom stereocenters. The molecule has 312 valence electrons. The summed E-state index contributed by atoms with van der Waals surface area (Å²) in [6.45, 7) is 4.79. The van der Waals surface area contributed by atoms with Gasteiger partial charge in [-0.2, -0.15) is 0 Å². The van der Waals surface area contributed by atoms with Crippen molar-refractivity contribution in [3.8, 4) is 27.9 Å². The Morgan fingerprint density at radius 3 is 1.82 bits per heavy atom. The van der Waals surface area contributed by atoms with Crippen LogP contribution in [0.3, 0.4) is 0 Å². The molecular weight excluding hydrogens is 797 g/mol. The highest BCUT2D eigenvalue weighted by Gasteiger charge is 2.55. The summed E-state index contributed by atoms with van der Waals surface area (Å²) in [5.74, 6) is 0.289. The number of allylic oxidation sites excluding steroid dienone is 4. The Kier molecular flexibility index (Phi) is 7.82. The number of anilines is 3. The lowest BCUT2D eigenvalue weighted by Crippen LogP contribution is -2.27. The molecule has 0 amide bonds. The van der Waals surface area contributed by atoms with E-state index < -0.39 is 0 Å². The third-order valence-corrected chi connectivity index (χ3v) is 15.6. The topological polar surface area (TPSA) is 8.17 Å². The number of fused-ring (bicyclic) bond motifs is 16. The van der Waals surface area contributed by atoms with Gasteiger partial charge in [0.15, 0.2) is 0 Å². The smallest absolute Gasteiger partial charge is 0.0685 e. The highest BCUT2D eigenvalue weighted by atomic mass is 15.1. The van der Waals surface area contributed by atoms with Crippen LogP contribution in [0.15, 0.2) is 230 Å². The van der Waals surface area contributed by atoms with E-state index in [1.165, 1.54) is 99.8 Å². The SMILES string of the molecule is CC1(C)c2ccccc2-c2cccc(N(c3ccc(C4=CC=C5C(C4)c4ccccc4C54c5ccccc5-c5ccccc54)cc3)c3ccc4c(c3)c3ccccc3n4-c3ccccc3)c21. The van der Waals surface area contributed by atoms with Gasteiger partial charge in [-0.15, -0.1) is 0 Å². The molecule has 0 bridgehead atoms. The molecule has 2 heteroatoms. The molecule has 1 aromatic heterocycles. The second-order valence-electron chi connectivity index (χ2n) is 19.1. The van der Waals surface area contributed by atoms with E-state index in [-0.39, 0.29) is 16.7 Å². The number of rotatable bonds is 5. The maximum absolute atomic E-state index is 2.52. The lowest BCUT2D eigenvalue weighted by Gasteiger charge is -2.34. The molecule has 10 aromatic rings. The molecule has 0 saturated heterocycles. The van der Waals surface area contributed by atoms with E-state index in [2.05, 4.69) is 248 Å². The minimum Gasteiger partial charge on any atom is -0.310 e. The van der Waals surface area contributed by atoms with Crippen molar-refractivity contribution >= 4 is 44.4 Å². The van der Waals surface area contributed by atoms with E-state index in [1.54, 1.807) is 0 Å². The van der Waals surface area contributed by atoms with Gasteiger partial charge in [0.05, 0.1) is 22.1 Å². The second-order valence-corrected chi connectivity index (χ2v) is 19.1. The van der Waals surface area contributed by atoms with Crippen LogP contribution in [-0.4, -0.2) is 4.57 Å². The monoisotopic (exact) mass is 842 g/mol. The van der Waals surface area contributed by atoms with Gasteiger partial charge in [-0.25, -0.2) is 0 Å². The standard InChI is InChI=1S/C64H46N2/c1-63(2)54-25-11-6-21-48(54)51-24-16-30-61(62(51)63)65(45-36-38-60-53(40-45)50-23-10-15-29-59(50)66(60)43-17-4-3-5-18-43)44-34-31-41(32-35-44)42-33-37-58-52(39-42)49-22-9-14-28-57(49)64(58)55-26-12-7-19-46(55)47-20-8-13-27-56(47)64/h3-38,40,52H,39H2,1-2H3. The second kappa shape index (κ2) is 13.8. The average Bonchev–Trinajstić information content (AvgIpc) is 4.05. The first kappa shape index (κ1) is 37.4. The summed E-state index contributed by atoms with van der Waals surface area (Å²) in [5, 5.41) is 2.48. The first-order valence-corrected chi connectivity index (χ1v) is 23.4. The molecule has 2 nitrogen and oxygen atoms in total. The Bertz CT molecular complexity index is 3660. The fraction of sp³-hybridized carbons (Fsp3) is 0.0938. The molecule has 9 aromatic carbocycles. The Labute approximate surface area is 386 Å². The van der Waals surface area contributed by atoms with Crippen molar-refractivity contribution in [3.63, 3.8) is 0 Å². The predicted molar refractivity (Wildman–Crippen MR) is 275 cm³/mol. The summed E-state index contributed by atoms with van der Waals surface area (Å²) in [7, 11) is 0. The van der Waals surface area contributed by atoms with E-state index in [1.807, 2.05) is 0 Å². The molecular formula is C64H46N2. The molecule has 0 N–H and O–H groups in total. The number of para-hydroxylation sites is 2. The van der Waals surface area contributed by atoms with Gasteiger partial charge in [-0.05, 0) is 133 Å². The van der Waals surface area contributed by atoms with Crippen molar-refractivity contribution in [2.75, 3.05) is 4.90 Å². The first-order valence-electron chi connectivity index (χ1n) is 23.4. The van der Waals surface area contributed by atoms with E-state index in [4.69, 9.17) is 0 Å². The van der Waals surface area contributed by atoms with Gasteiger partial charge >= 0.3 is 0 Å². The molecule has 4 aliphatic carbocycles. The summed E-state index contributed by atoms with van der Waals surface area (Å²) in [5.41, 5.74) is 24.5. The van der Waals surface area contributed by atoms with Crippen molar-refractivity contribution in [3.05, 3.63) is 269 Å². The number of aromatic nitrogens is 1. The van der Waals surface area contributed by atoms with Crippen LogP contribution < -0.4 is 4.90 Å². The molecule has 14 rings (SSSR count). The average molecular weight is 843 g/mol. The molecule has 4 aliphatic rings. The van der Waals surface area contributed by atoms with Crippen molar-refractivity contribution in [2.45, 2.75) is 37.0 Å². The number of hydrogen-bond acceptors (Lipinski definition) is 1. The third-order valence-electron chi connectivity index (χ3n) is 15.6.